The summed E-state index contributed by atoms with van der Waals surface area (Å²) in [6, 6.07) is 14.7. The maximum absolute atomic E-state index is 12.9. The summed E-state index contributed by atoms with van der Waals surface area (Å²) in [4.78, 5) is 12.4. The lowest BCUT2D eigenvalue weighted by Gasteiger charge is -2.13. The number of anilines is 1. The fourth-order valence-electron chi connectivity index (χ4n) is 2.80. The molecule has 0 unspecified atom stereocenters. The Labute approximate surface area is 169 Å². The summed E-state index contributed by atoms with van der Waals surface area (Å²) in [6.07, 6.45) is -4.41. The van der Waals surface area contributed by atoms with Crippen molar-refractivity contribution in [2.24, 2.45) is 0 Å². The summed E-state index contributed by atoms with van der Waals surface area (Å²) >= 11 is 11.9. The van der Waals surface area contributed by atoms with E-state index in [1.54, 1.807) is 37.3 Å². The Balaban J connectivity index is 1.86. The molecule has 0 saturated heterocycles. The Hall–Kier alpha value is -2.50. The third-order valence-electron chi connectivity index (χ3n) is 4.16. The SMILES string of the molecule is Cc1cc(NC(=O)c2ccc(Cl)cc2Cl)ccc1-c1cccc(C(F)(F)F)c1. The third kappa shape index (κ3) is 4.49. The molecule has 0 heterocycles. The van der Waals surface area contributed by atoms with E-state index in [-0.39, 0.29) is 10.6 Å². The molecule has 0 radical (unpaired) electrons. The van der Waals surface area contributed by atoms with Crippen LogP contribution in [0.15, 0.2) is 60.7 Å². The average Bonchev–Trinajstić information content (AvgIpc) is 2.61. The Morgan fingerprint density at radius 2 is 1.71 bits per heavy atom. The molecule has 0 atom stereocenters. The van der Waals surface area contributed by atoms with Crippen LogP contribution in [0, 0.1) is 6.92 Å². The Morgan fingerprint density at radius 1 is 0.964 bits per heavy atom. The molecular formula is C21H14Cl2F3NO. The lowest BCUT2D eigenvalue weighted by molar-refractivity contribution is -0.137. The van der Waals surface area contributed by atoms with Crippen LogP contribution >= 0.6 is 23.2 Å². The van der Waals surface area contributed by atoms with Gasteiger partial charge < -0.3 is 5.32 Å². The maximum atomic E-state index is 12.9. The monoisotopic (exact) mass is 423 g/mol. The number of rotatable bonds is 3. The van der Waals surface area contributed by atoms with Gasteiger partial charge in [-0.25, -0.2) is 0 Å². The zero-order chi connectivity index (χ0) is 20.5. The van der Waals surface area contributed by atoms with Gasteiger partial charge in [0.05, 0.1) is 16.1 Å². The fourth-order valence-corrected chi connectivity index (χ4v) is 3.29. The highest BCUT2D eigenvalue weighted by Crippen LogP contribution is 2.33. The van der Waals surface area contributed by atoms with Crippen molar-refractivity contribution in [2.45, 2.75) is 13.1 Å². The van der Waals surface area contributed by atoms with Gasteiger partial charge in [0.2, 0.25) is 0 Å². The first-order chi connectivity index (χ1) is 13.1. The third-order valence-corrected chi connectivity index (χ3v) is 4.71. The second-order valence-corrected chi connectivity index (χ2v) is 7.03. The molecule has 0 aliphatic rings. The molecule has 1 amide bonds. The number of alkyl halides is 3. The van der Waals surface area contributed by atoms with Crippen molar-refractivity contribution < 1.29 is 18.0 Å². The van der Waals surface area contributed by atoms with Crippen molar-refractivity contribution in [3.8, 4) is 11.1 Å². The number of carbonyl (C=O) groups is 1. The molecule has 7 heteroatoms. The minimum atomic E-state index is -4.41. The smallest absolute Gasteiger partial charge is 0.322 e. The van der Waals surface area contributed by atoms with Gasteiger partial charge in [-0.2, -0.15) is 13.2 Å². The molecule has 3 aromatic carbocycles. The molecule has 28 heavy (non-hydrogen) atoms. The fraction of sp³-hybridized carbons (Fsp3) is 0.0952. The van der Waals surface area contributed by atoms with E-state index in [4.69, 9.17) is 23.2 Å². The minimum absolute atomic E-state index is 0.224. The molecule has 0 fully saturated rings. The summed E-state index contributed by atoms with van der Waals surface area (Å²) in [5, 5.41) is 3.37. The number of halogens is 5. The van der Waals surface area contributed by atoms with E-state index in [9.17, 15) is 18.0 Å². The van der Waals surface area contributed by atoms with E-state index in [1.807, 2.05) is 0 Å². The first-order valence-corrected chi connectivity index (χ1v) is 8.95. The maximum Gasteiger partial charge on any atom is 0.416 e. The molecule has 0 aromatic heterocycles. The lowest BCUT2D eigenvalue weighted by atomic mass is 9.98. The van der Waals surface area contributed by atoms with Gasteiger partial charge in [-0.05, 0) is 66.1 Å². The number of amides is 1. The number of aryl methyl sites for hydroxylation is 1. The summed E-state index contributed by atoms with van der Waals surface area (Å²) in [5.41, 5.74) is 1.88. The van der Waals surface area contributed by atoms with Crippen LogP contribution in [0.4, 0.5) is 18.9 Å². The number of hydrogen-bond acceptors (Lipinski definition) is 1. The molecular weight excluding hydrogens is 410 g/mol. The van der Waals surface area contributed by atoms with Gasteiger partial charge in [0.1, 0.15) is 0 Å². The highest BCUT2D eigenvalue weighted by molar-refractivity contribution is 6.37. The standard InChI is InChI=1S/C21H14Cl2F3NO/c1-12-9-16(27-20(28)18-7-5-15(22)11-19(18)23)6-8-17(12)13-3-2-4-14(10-13)21(24,25)26/h2-11H,1H3,(H,27,28). The van der Waals surface area contributed by atoms with Gasteiger partial charge in [0.15, 0.2) is 0 Å². The van der Waals surface area contributed by atoms with Crippen LogP contribution in [0.3, 0.4) is 0 Å². The summed E-state index contributed by atoms with van der Waals surface area (Å²) in [5.74, 6) is -0.409. The number of carbonyl (C=O) groups excluding carboxylic acids is 1. The van der Waals surface area contributed by atoms with Crippen LogP contribution in [0.1, 0.15) is 21.5 Å². The average molecular weight is 424 g/mol. The van der Waals surface area contributed by atoms with Gasteiger partial charge >= 0.3 is 6.18 Å². The van der Waals surface area contributed by atoms with Crippen LogP contribution in [0.25, 0.3) is 11.1 Å². The van der Waals surface area contributed by atoms with Crippen molar-refractivity contribution in [2.75, 3.05) is 5.32 Å². The van der Waals surface area contributed by atoms with E-state index in [1.165, 1.54) is 18.2 Å². The topological polar surface area (TPSA) is 29.1 Å². The second kappa shape index (κ2) is 7.86. The Morgan fingerprint density at radius 3 is 2.36 bits per heavy atom. The minimum Gasteiger partial charge on any atom is -0.322 e. The quantitative estimate of drug-likeness (QED) is 0.472. The van der Waals surface area contributed by atoms with Crippen LogP contribution in [-0.2, 0) is 6.18 Å². The first kappa shape index (κ1) is 20.2. The molecule has 0 aliphatic heterocycles. The Kier molecular flexibility index (Phi) is 5.68. The number of nitrogens with one attached hydrogen (secondary N) is 1. The second-order valence-electron chi connectivity index (χ2n) is 6.19. The number of benzene rings is 3. The van der Waals surface area contributed by atoms with Crippen LogP contribution < -0.4 is 5.32 Å². The van der Waals surface area contributed by atoms with E-state index < -0.39 is 17.6 Å². The van der Waals surface area contributed by atoms with Gasteiger partial charge in [-0.1, -0.05) is 41.4 Å². The predicted molar refractivity (Wildman–Crippen MR) is 106 cm³/mol. The summed E-state index contributed by atoms with van der Waals surface area (Å²) < 4.78 is 38.8. The zero-order valence-electron chi connectivity index (χ0n) is 14.6. The highest BCUT2D eigenvalue weighted by Gasteiger charge is 2.30. The molecule has 144 valence electrons. The van der Waals surface area contributed by atoms with E-state index in [2.05, 4.69) is 5.32 Å². The molecule has 0 spiro atoms. The Bertz CT molecular complexity index is 1050. The molecule has 0 aliphatic carbocycles. The zero-order valence-corrected chi connectivity index (χ0v) is 16.1. The molecule has 0 bridgehead atoms. The van der Waals surface area contributed by atoms with Crippen molar-refractivity contribution in [1.29, 1.82) is 0 Å². The summed E-state index contributed by atoms with van der Waals surface area (Å²) in [7, 11) is 0. The van der Waals surface area contributed by atoms with Gasteiger partial charge in [0, 0.05) is 10.7 Å². The normalized spacial score (nSPS) is 11.4. The largest absolute Gasteiger partial charge is 0.416 e. The van der Waals surface area contributed by atoms with Crippen LogP contribution in [0.5, 0.6) is 0 Å². The van der Waals surface area contributed by atoms with E-state index >= 15 is 0 Å². The van der Waals surface area contributed by atoms with Crippen molar-refractivity contribution in [3.63, 3.8) is 0 Å². The van der Waals surface area contributed by atoms with Crippen molar-refractivity contribution >= 4 is 34.8 Å². The first-order valence-electron chi connectivity index (χ1n) is 8.20. The van der Waals surface area contributed by atoms with Crippen molar-refractivity contribution in [3.05, 3.63) is 87.4 Å². The van der Waals surface area contributed by atoms with E-state index in [0.717, 1.165) is 17.7 Å². The predicted octanol–water partition coefficient (Wildman–Crippen LogP) is 7.24. The highest BCUT2D eigenvalue weighted by atomic mass is 35.5. The molecule has 3 aromatic rings. The van der Waals surface area contributed by atoms with Gasteiger partial charge in [-0.15, -0.1) is 0 Å². The molecule has 0 saturated carbocycles. The van der Waals surface area contributed by atoms with Crippen LogP contribution in [0.2, 0.25) is 10.0 Å². The molecule has 3 rings (SSSR count). The van der Waals surface area contributed by atoms with E-state index in [0.29, 0.717) is 21.8 Å². The summed E-state index contributed by atoms with van der Waals surface area (Å²) in [6.45, 7) is 1.76. The lowest BCUT2D eigenvalue weighted by Crippen LogP contribution is -2.12. The van der Waals surface area contributed by atoms with Gasteiger partial charge in [0.25, 0.3) is 5.91 Å². The van der Waals surface area contributed by atoms with Gasteiger partial charge in [-0.3, -0.25) is 4.79 Å². The van der Waals surface area contributed by atoms with Crippen molar-refractivity contribution in [1.82, 2.24) is 0 Å². The molecule has 2 nitrogen and oxygen atoms in total. The molecule has 1 N–H and O–H groups in total. The van der Waals surface area contributed by atoms with Crippen LogP contribution in [-0.4, -0.2) is 5.91 Å². The number of hydrogen-bond donors (Lipinski definition) is 1.